The summed E-state index contributed by atoms with van der Waals surface area (Å²) in [5, 5.41) is 2.88. The maximum absolute atomic E-state index is 12.1. The van der Waals surface area contributed by atoms with E-state index in [-0.39, 0.29) is 34.9 Å². The summed E-state index contributed by atoms with van der Waals surface area (Å²) in [4.78, 5) is 39.9. The van der Waals surface area contributed by atoms with Gasteiger partial charge < -0.3 is 15.2 Å². The van der Waals surface area contributed by atoms with Crippen LogP contribution in [0.2, 0.25) is 0 Å². The number of aromatic nitrogens is 1. The summed E-state index contributed by atoms with van der Waals surface area (Å²) < 4.78 is 0. The number of aromatic amines is 1. The molecule has 1 saturated carbocycles. The van der Waals surface area contributed by atoms with Crippen LogP contribution in [0.3, 0.4) is 0 Å². The molecule has 0 spiro atoms. The van der Waals surface area contributed by atoms with Crippen molar-refractivity contribution in [2.24, 2.45) is 5.92 Å². The highest BCUT2D eigenvalue weighted by Crippen LogP contribution is 2.31. The number of pyridine rings is 1. The van der Waals surface area contributed by atoms with E-state index in [1.54, 1.807) is 6.07 Å². The average molecular weight is 289 g/mol. The molecule has 0 unspecified atom stereocenters. The van der Waals surface area contributed by atoms with Crippen molar-refractivity contribution in [1.29, 1.82) is 0 Å². The van der Waals surface area contributed by atoms with Crippen LogP contribution in [0.15, 0.2) is 23.1 Å². The lowest BCUT2D eigenvalue weighted by atomic mass is 10.0. The first-order chi connectivity index (χ1) is 10.1. The molecule has 21 heavy (non-hydrogen) atoms. The molecule has 1 aromatic heterocycles. The van der Waals surface area contributed by atoms with Gasteiger partial charge in [0.2, 0.25) is 5.91 Å². The lowest BCUT2D eigenvalue weighted by Gasteiger charge is -2.32. The van der Waals surface area contributed by atoms with Gasteiger partial charge in [0.05, 0.1) is 0 Å². The zero-order chi connectivity index (χ0) is 14.8. The van der Waals surface area contributed by atoms with Crippen LogP contribution in [0.25, 0.3) is 0 Å². The second-order valence-electron chi connectivity index (χ2n) is 5.76. The highest BCUT2D eigenvalue weighted by atomic mass is 16.2. The normalized spacial score (nSPS) is 19.3. The number of hydrogen-bond acceptors (Lipinski definition) is 3. The number of nitrogens with zero attached hydrogens (tertiary/aromatic N) is 1. The highest BCUT2D eigenvalue weighted by Gasteiger charge is 2.35. The Morgan fingerprint density at radius 2 is 1.90 bits per heavy atom. The summed E-state index contributed by atoms with van der Waals surface area (Å²) in [6.07, 6.45) is 5.03. The van der Waals surface area contributed by atoms with E-state index in [0.29, 0.717) is 13.1 Å². The fourth-order valence-electron chi connectivity index (χ4n) is 2.70. The van der Waals surface area contributed by atoms with E-state index in [0.717, 1.165) is 25.7 Å². The average Bonchev–Trinajstić information content (AvgIpc) is 3.32. The Balaban J connectivity index is 1.53. The third-order valence-electron chi connectivity index (χ3n) is 4.13. The van der Waals surface area contributed by atoms with Gasteiger partial charge >= 0.3 is 0 Å². The molecule has 1 aromatic rings. The molecule has 0 radical (unpaired) electrons. The maximum Gasteiger partial charge on any atom is 0.260 e. The Kier molecular flexibility index (Phi) is 3.77. The molecule has 0 atom stereocenters. The Labute approximate surface area is 122 Å². The van der Waals surface area contributed by atoms with E-state index >= 15 is 0 Å². The standard InChI is InChI=1S/C15H19N3O3/c19-13-12(2-1-7-16-13)14(20)17-11-5-8-18(9-6-11)15(21)10-3-4-10/h1-2,7,10-11H,3-6,8-9H2,(H,16,19)(H,17,20). The molecule has 6 heteroatoms. The van der Waals surface area contributed by atoms with E-state index in [9.17, 15) is 14.4 Å². The monoisotopic (exact) mass is 289 g/mol. The fraction of sp³-hybridized carbons (Fsp3) is 0.533. The number of carbonyl (C=O) groups is 2. The molecule has 1 saturated heterocycles. The molecule has 2 N–H and O–H groups in total. The third-order valence-corrected chi connectivity index (χ3v) is 4.13. The molecular formula is C15H19N3O3. The molecule has 2 fully saturated rings. The minimum Gasteiger partial charge on any atom is -0.349 e. The molecule has 0 bridgehead atoms. The molecule has 2 aliphatic rings. The van der Waals surface area contributed by atoms with Gasteiger partial charge in [0.25, 0.3) is 11.5 Å². The number of amides is 2. The van der Waals surface area contributed by atoms with Crippen LogP contribution in [-0.4, -0.2) is 40.8 Å². The highest BCUT2D eigenvalue weighted by molar-refractivity contribution is 5.93. The maximum atomic E-state index is 12.1. The van der Waals surface area contributed by atoms with Gasteiger partial charge in [-0.25, -0.2) is 0 Å². The summed E-state index contributed by atoms with van der Waals surface area (Å²) in [5.74, 6) is 0.169. The first-order valence-electron chi connectivity index (χ1n) is 7.42. The van der Waals surface area contributed by atoms with E-state index in [1.165, 1.54) is 12.3 Å². The second-order valence-corrected chi connectivity index (χ2v) is 5.76. The van der Waals surface area contributed by atoms with Crippen LogP contribution >= 0.6 is 0 Å². The summed E-state index contributed by atoms with van der Waals surface area (Å²) in [7, 11) is 0. The van der Waals surface area contributed by atoms with Gasteiger partial charge in [-0.2, -0.15) is 0 Å². The van der Waals surface area contributed by atoms with E-state index in [2.05, 4.69) is 10.3 Å². The predicted octanol–water partition coefficient (Wildman–Crippen LogP) is 0.506. The fourth-order valence-corrected chi connectivity index (χ4v) is 2.70. The summed E-state index contributed by atoms with van der Waals surface area (Å²) in [5.41, 5.74) is -0.245. The van der Waals surface area contributed by atoms with Gasteiger partial charge in [-0.05, 0) is 37.8 Å². The number of rotatable bonds is 3. The van der Waals surface area contributed by atoms with Crippen LogP contribution in [-0.2, 0) is 4.79 Å². The van der Waals surface area contributed by atoms with Crippen molar-refractivity contribution in [3.63, 3.8) is 0 Å². The van der Waals surface area contributed by atoms with Gasteiger partial charge in [-0.1, -0.05) is 0 Å². The van der Waals surface area contributed by atoms with Crippen molar-refractivity contribution in [3.05, 3.63) is 34.2 Å². The van der Waals surface area contributed by atoms with Crippen LogP contribution in [0.4, 0.5) is 0 Å². The zero-order valence-electron chi connectivity index (χ0n) is 11.8. The zero-order valence-corrected chi connectivity index (χ0v) is 11.8. The molecule has 0 aromatic carbocycles. The van der Waals surface area contributed by atoms with Crippen molar-refractivity contribution >= 4 is 11.8 Å². The van der Waals surface area contributed by atoms with E-state index in [4.69, 9.17) is 0 Å². The predicted molar refractivity (Wildman–Crippen MR) is 76.9 cm³/mol. The van der Waals surface area contributed by atoms with Crippen LogP contribution in [0.5, 0.6) is 0 Å². The van der Waals surface area contributed by atoms with Gasteiger partial charge in [0, 0.05) is 31.2 Å². The van der Waals surface area contributed by atoms with Gasteiger partial charge in [-0.15, -0.1) is 0 Å². The second kappa shape index (κ2) is 5.71. The Hall–Kier alpha value is -2.11. The van der Waals surface area contributed by atoms with Crippen molar-refractivity contribution < 1.29 is 9.59 Å². The molecular weight excluding hydrogens is 270 g/mol. The van der Waals surface area contributed by atoms with Gasteiger partial charge in [0.15, 0.2) is 0 Å². The summed E-state index contributed by atoms with van der Waals surface area (Å²) in [6.45, 7) is 1.37. The van der Waals surface area contributed by atoms with E-state index < -0.39 is 0 Å². The van der Waals surface area contributed by atoms with Crippen molar-refractivity contribution in [2.45, 2.75) is 31.7 Å². The van der Waals surface area contributed by atoms with Crippen molar-refractivity contribution in [2.75, 3.05) is 13.1 Å². The lowest BCUT2D eigenvalue weighted by molar-refractivity contribution is -0.133. The van der Waals surface area contributed by atoms with Crippen LogP contribution in [0, 0.1) is 5.92 Å². The SMILES string of the molecule is O=C(NC1CCN(C(=O)C2CC2)CC1)c1ccc[nH]c1=O. The van der Waals surface area contributed by atoms with Gasteiger partial charge in [0.1, 0.15) is 5.56 Å². The topological polar surface area (TPSA) is 82.3 Å². The molecule has 2 amide bonds. The smallest absolute Gasteiger partial charge is 0.260 e. The first-order valence-corrected chi connectivity index (χ1v) is 7.42. The summed E-state index contributed by atoms with van der Waals surface area (Å²) >= 11 is 0. The Morgan fingerprint density at radius 3 is 2.52 bits per heavy atom. The molecule has 112 valence electrons. The molecule has 3 rings (SSSR count). The number of likely N-dealkylation sites (tertiary alicyclic amines) is 1. The number of nitrogens with one attached hydrogen (secondary N) is 2. The quantitative estimate of drug-likeness (QED) is 0.850. The molecule has 6 nitrogen and oxygen atoms in total. The molecule has 1 aliphatic carbocycles. The van der Waals surface area contributed by atoms with Crippen LogP contribution < -0.4 is 10.9 Å². The number of H-pyrrole nitrogens is 1. The molecule has 2 heterocycles. The molecule has 1 aliphatic heterocycles. The Bertz CT molecular complexity index is 598. The van der Waals surface area contributed by atoms with Gasteiger partial charge in [-0.3, -0.25) is 14.4 Å². The third kappa shape index (κ3) is 3.15. The first kappa shape index (κ1) is 13.9. The van der Waals surface area contributed by atoms with Crippen LogP contribution in [0.1, 0.15) is 36.0 Å². The van der Waals surface area contributed by atoms with Crippen molar-refractivity contribution in [3.8, 4) is 0 Å². The summed E-state index contributed by atoms with van der Waals surface area (Å²) in [6, 6.07) is 3.17. The largest absolute Gasteiger partial charge is 0.349 e. The minimum absolute atomic E-state index is 0.0281. The number of carbonyl (C=O) groups excluding carboxylic acids is 2. The minimum atomic E-state index is -0.378. The number of piperidine rings is 1. The number of hydrogen-bond donors (Lipinski definition) is 2. The lowest BCUT2D eigenvalue weighted by Crippen LogP contribution is -2.47. The van der Waals surface area contributed by atoms with E-state index in [1.807, 2.05) is 4.90 Å². The van der Waals surface area contributed by atoms with Crippen molar-refractivity contribution in [1.82, 2.24) is 15.2 Å². The Morgan fingerprint density at radius 1 is 1.19 bits per heavy atom.